The first kappa shape index (κ1) is 36.6. The number of carbonyl (C=O) groups is 2. The molecule has 12 nitrogen and oxygen atoms in total. The second-order valence-electron chi connectivity index (χ2n) is 11.4. The maximum absolute atomic E-state index is 13.2. The van der Waals surface area contributed by atoms with Crippen molar-refractivity contribution in [3.63, 3.8) is 0 Å². The van der Waals surface area contributed by atoms with Crippen molar-refractivity contribution in [2.24, 2.45) is 0 Å². The molecule has 0 atom stereocenters. The van der Waals surface area contributed by atoms with E-state index in [1.807, 2.05) is 60.7 Å². The average Bonchev–Trinajstić information content (AvgIpc) is 3.11. The molecule has 12 heteroatoms. The zero-order valence-corrected chi connectivity index (χ0v) is 27.5. The Kier molecular flexibility index (Phi) is 14.6. The van der Waals surface area contributed by atoms with Gasteiger partial charge in [0.2, 0.25) is 10.9 Å². The van der Waals surface area contributed by atoms with Gasteiger partial charge in [0.15, 0.2) is 22.9 Å². The van der Waals surface area contributed by atoms with E-state index in [0.29, 0.717) is 25.9 Å². The first-order chi connectivity index (χ1) is 23.9. The summed E-state index contributed by atoms with van der Waals surface area (Å²) in [5, 5.41) is 24.8. The van der Waals surface area contributed by atoms with Gasteiger partial charge in [-0.1, -0.05) is 79.9 Å². The molecule has 0 aliphatic rings. The van der Waals surface area contributed by atoms with Gasteiger partial charge in [-0.2, -0.15) is 0 Å². The SMILES string of the molecule is O=C(NCCCCCCCNC(=O)c1c(OCc2ccccc2)c(=O)ccn1CCO)c1c(OCc2ccccc2)c(=O)ccn1CCO. The van der Waals surface area contributed by atoms with Crippen LogP contribution < -0.4 is 31.0 Å². The Balaban J connectivity index is 1.23. The molecule has 0 aliphatic carbocycles. The Hall–Kier alpha value is -5.20. The van der Waals surface area contributed by atoms with E-state index in [4.69, 9.17) is 9.47 Å². The van der Waals surface area contributed by atoms with Gasteiger partial charge < -0.3 is 39.5 Å². The van der Waals surface area contributed by atoms with E-state index in [2.05, 4.69) is 10.6 Å². The number of amides is 2. The molecule has 0 unspecified atom stereocenters. The predicted molar refractivity (Wildman–Crippen MR) is 185 cm³/mol. The highest BCUT2D eigenvalue weighted by atomic mass is 16.5. The molecular weight excluding hydrogens is 628 g/mol. The number of pyridine rings is 2. The number of unbranched alkanes of at least 4 members (excludes halogenated alkanes) is 4. The van der Waals surface area contributed by atoms with Crippen LogP contribution in [0.2, 0.25) is 0 Å². The van der Waals surface area contributed by atoms with E-state index in [-0.39, 0.29) is 62.4 Å². The predicted octanol–water partition coefficient (Wildman–Crippen LogP) is 3.26. The van der Waals surface area contributed by atoms with Crippen LogP contribution in [0.3, 0.4) is 0 Å². The molecule has 0 saturated carbocycles. The zero-order valence-electron chi connectivity index (χ0n) is 27.5. The van der Waals surface area contributed by atoms with Crippen LogP contribution in [0, 0.1) is 0 Å². The lowest BCUT2D eigenvalue weighted by Gasteiger charge is -2.17. The topological polar surface area (TPSA) is 161 Å². The van der Waals surface area contributed by atoms with E-state index < -0.39 is 22.7 Å². The average molecular weight is 673 g/mol. The number of rotatable bonds is 20. The summed E-state index contributed by atoms with van der Waals surface area (Å²) in [6.07, 6.45) is 6.88. The molecule has 0 radical (unpaired) electrons. The van der Waals surface area contributed by atoms with Crippen LogP contribution in [0.25, 0.3) is 0 Å². The van der Waals surface area contributed by atoms with Crippen LogP contribution in [-0.2, 0) is 26.3 Å². The van der Waals surface area contributed by atoms with E-state index >= 15 is 0 Å². The Labute approximate surface area is 284 Å². The third-order valence-corrected chi connectivity index (χ3v) is 7.75. The minimum absolute atomic E-state index is 0.0573. The molecule has 0 spiro atoms. The number of aliphatic hydroxyl groups is 2. The Morgan fingerprint density at radius 3 is 1.35 bits per heavy atom. The van der Waals surface area contributed by atoms with Crippen molar-refractivity contribution in [3.8, 4) is 11.5 Å². The molecule has 2 amide bonds. The third-order valence-electron chi connectivity index (χ3n) is 7.75. The molecule has 4 aromatic rings. The van der Waals surface area contributed by atoms with Crippen LogP contribution in [-0.4, -0.2) is 57.5 Å². The number of hydrogen-bond donors (Lipinski definition) is 4. The summed E-state index contributed by atoms with van der Waals surface area (Å²) >= 11 is 0. The van der Waals surface area contributed by atoms with Gasteiger partial charge in [0.05, 0.1) is 13.2 Å². The fraction of sp³-hybridized carbons (Fsp3) is 0.351. The van der Waals surface area contributed by atoms with Crippen LogP contribution in [0.1, 0.15) is 64.2 Å². The number of hydrogen-bond acceptors (Lipinski definition) is 8. The minimum Gasteiger partial charge on any atom is -0.483 e. The van der Waals surface area contributed by atoms with Gasteiger partial charge in [0, 0.05) is 50.7 Å². The van der Waals surface area contributed by atoms with Gasteiger partial charge in [-0.15, -0.1) is 0 Å². The molecule has 4 N–H and O–H groups in total. The standard InChI is InChI=1S/C37H44N4O8/c42-24-22-40-20-16-30(44)34(48-26-28-12-6-4-7-13-28)32(40)36(46)38-18-10-2-1-3-11-19-39-37(47)33-35(31(45)17-21-41(33)23-25-43)49-27-29-14-8-5-9-15-29/h4-9,12-17,20-21,42-43H,1-3,10-11,18-19,22-27H2,(H,38,46)(H,39,47). The smallest absolute Gasteiger partial charge is 0.271 e. The Bertz CT molecular complexity index is 1630. The molecule has 4 rings (SSSR count). The monoisotopic (exact) mass is 672 g/mol. The summed E-state index contributed by atoms with van der Waals surface area (Å²) in [7, 11) is 0. The van der Waals surface area contributed by atoms with Crippen LogP contribution in [0.15, 0.2) is 94.8 Å². The minimum atomic E-state index is -0.454. The van der Waals surface area contributed by atoms with E-state index in [9.17, 15) is 29.4 Å². The summed E-state index contributed by atoms with van der Waals surface area (Å²) in [5.74, 6) is -1.02. The second kappa shape index (κ2) is 19.6. The maximum atomic E-state index is 13.2. The highest BCUT2D eigenvalue weighted by Gasteiger charge is 2.21. The molecule has 0 bridgehead atoms. The fourth-order valence-electron chi connectivity index (χ4n) is 5.26. The lowest BCUT2D eigenvalue weighted by atomic mass is 10.1. The van der Waals surface area contributed by atoms with Crippen molar-refractivity contribution < 1.29 is 29.3 Å². The van der Waals surface area contributed by atoms with E-state index in [0.717, 1.165) is 30.4 Å². The number of benzene rings is 2. The maximum Gasteiger partial charge on any atom is 0.271 e. The summed E-state index contributed by atoms with van der Waals surface area (Å²) in [4.78, 5) is 51.7. The molecule has 2 aromatic heterocycles. The van der Waals surface area contributed by atoms with Crippen molar-refractivity contribution in [2.45, 2.75) is 58.4 Å². The summed E-state index contributed by atoms with van der Waals surface area (Å²) < 4.78 is 14.7. The largest absolute Gasteiger partial charge is 0.483 e. The van der Waals surface area contributed by atoms with Crippen LogP contribution in [0.4, 0.5) is 0 Å². The highest BCUT2D eigenvalue weighted by Crippen LogP contribution is 2.17. The van der Waals surface area contributed by atoms with Crippen molar-refractivity contribution in [1.82, 2.24) is 19.8 Å². The van der Waals surface area contributed by atoms with Crippen LogP contribution >= 0.6 is 0 Å². The Morgan fingerprint density at radius 1 is 0.571 bits per heavy atom. The number of nitrogens with one attached hydrogen (secondary N) is 2. The van der Waals surface area contributed by atoms with E-state index in [1.54, 1.807) is 0 Å². The summed E-state index contributed by atoms with van der Waals surface area (Å²) in [6, 6.07) is 21.3. The van der Waals surface area contributed by atoms with Crippen molar-refractivity contribution in [2.75, 3.05) is 26.3 Å². The van der Waals surface area contributed by atoms with Gasteiger partial charge in [-0.25, -0.2) is 0 Å². The number of ether oxygens (including phenoxy) is 2. The normalized spacial score (nSPS) is 10.8. The van der Waals surface area contributed by atoms with Gasteiger partial charge >= 0.3 is 0 Å². The lowest BCUT2D eigenvalue weighted by molar-refractivity contribution is 0.0927. The zero-order chi connectivity index (χ0) is 34.8. The fourth-order valence-corrected chi connectivity index (χ4v) is 5.26. The molecule has 0 aliphatic heterocycles. The number of nitrogens with zero attached hydrogens (tertiary/aromatic N) is 2. The molecule has 0 fully saturated rings. The van der Waals surface area contributed by atoms with Gasteiger partial charge in [-0.3, -0.25) is 19.2 Å². The molecule has 2 heterocycles. The second-order valence-corrected chi connectivity index (χ2v) is 11.4. The quantitative estimate of drug-likeness (QED) is 0.104. The highest BCUT2D eigenvalue weighted by molar-refractivity contribution is 5.95. The van der Waals surface area contributed by atoms with E-state index in [1.165, 1.54) is 33.7 Å². The molecule has 49 heavy (non-hydrogen) atoms. The first-order valence-electron chi connectivity index (χ1n) is 16.5. The molecule has 260 valence electrons. The first-order valence-corrected chi connectivity index (χ1v) is 16.5. The number of carbonyl (C=O) groups excluding carboxylic acids is 2. The third kappa shape index (κ3) is 10.9. The van der Waals surface area contributed by atoms with Crippen LogP contribution in [0.5, 0.6) is 11.5 Å². The molecule has 2 aromatic carbocycles. The van der Waals surface area contributed by atoms with Crippen molar-refractivity contribution in [3.05, 3.63) is 128 Å². The lowest BCUT2D eigenvalue weighted by Crippen LogP contribution is -2.31. The molecule has 0 saturated heterocycles. The Morgan fingerprint density at radius 2 is 0.959 bits per heavy atom. The summed E-state index contributed by atoms with van der Waals surface area (Å²) in [5.41, 5.74) is 1.02. The van der Waals surface area contributed by atoms with Gasteiger partial charge in [0.25, 0.3) is 11.8 Å². The summed E-state index contributed by atoms with van der Waals surface area (Å²) in [6.45, 7) is 0.862. The van der Waals surface area contributed by atoms with Crippen molar-refractivity contribution in [1.29, 1.82) is 0 Å². The van der Waals surface area contributed by atoms with Gasteiger partial charge in [0.1, 0.15) is 13.2 Å². The molecular formula is C37H44N4O8. The van der Waals surface area contributed by atoms with Crippen molar-refractivity contribution >= 4 is 11.8 Å². The van der Waals surface area contributed by atoms with Gasteiger partial charge in [-0.05, 0) is 24.0 Å². The number of aromatic nitrogens is 2. The number of aliphatic hydroxyl groups excluding tert-OH is 2.